The topological polar surface area (TPSA) is 151 Å². The van der Waals surface area contributed by atoms with Crippen LogP contribution in [0.5, 0.6) is 0 Å². The number of hydrogen-bond acceptors (Lipinski definition) is 7. The highest BCUT2D eigenvalue weighted by atomic mass is 16.3. The molecule has 0 unspecified atom stereocenters. The van der Waals surface area contributed by atoms with Crippen LogP contribution in [0.4, 0.5) is 0 Å². The lowest BCUT2D eigenvalue weighted by Crippen LogP contribution is -2.58. The van der Waals surface area contributed by atoms with Gasteiger partial charge in [0.2, 0.25) is 0 Å². The molecule has 0 radical (unpaired) electrons. The Morgan fingerprint density at radius 3 is 1.50 bits per heavy atom. The highest BCUT2D eigenvalue weighted by molar-refractivity contribution is 5.43. The van der Waals surface area contributed by atoms with Gasteiger partial charge in [0.15, 0.2) is 6.19 Å². The lowest BCUT2D eigenvalue weighted by Gasteiger charge is -2.23. The summed E-state index contributed by atoms with van der Waals surface area (Å²) in [5, 5.41) is 53.1. The van der Waals surface area contributed by atoms with E-state index in [0.717, 1.165) is 12.1 Å². The number of rotatable bonds is 2. The van der Waals surface area contributed by atoms with E-state index in [-0.39, 0.29) is 0 Å². The smallest absolute Gasteiger partial charge is 0.290 e. The Balaban J connectivity index is 5.64. The predicted molar refractivity (Wildman–Crippen MR) is 38.9 cm³/mol. The molecular weight excluding hydrogens is 184 g/mol. The zero-order chi connectivity index (χ0) is 11.2. The van der Waals surface area contributed by atoms with Crippen molar-refractivity contribution in [2.24, 2.45) is 0 Å². The average molecular weight is 186 g/mol. The SMILES string of the molecule is N#CNC(C#N)(C#N)C(O)(C#N)C#N. The van der Waals surface area contributed by atoms with Gasteiger partial charge in [-0.05, 0) is 0 Å². The van der Waals surface area contributed by atoms with Gasteiger partial charge in [-0.1, -0.05) is 0 Å². The maximum Gasteiger partial charge on any atom is 0.290 e. The molecule has 0 saturated carbocycles. The summed E-state index contributed by atoms with van der Waals surface area (Å²) >= 11 is 0. The molecule has 14 heavy (non-hydrogen) atoms. The maximum absolute atomic E-state index is 9.29. The standard InChI is InChI=1S/C7H2N6O/c8-1-6(2-9,13-5-12)7(14,3-10)4-11/h13-14H. The van der Waals surface area contributed by atoms with Gasteiger partial charge in [0.25, 0.3) is 11.1 Å². The van der Waals surface area contributed by atoms with Gasteiger partial charge in [0.05, 0.1) is 0 Å². The van der Waals surface area contributed by atoms with Crippen molar-refractivity contribution in [2.45, 2.75) is 11.1 Å². The molecule has 0 aromatic heterocycles. The maximum atomic E-state index is 9.29. The fraction of sp³-hybridized carbons (Fsp3) is 0.286. The summed E-state index contributed by atoms with van der Waals surface area (Å²) < 4.78 is 0. The minimum Gasteiger partial charge on any atom is -0.361 e. The molecule has 7 heteroatoms. The van der Waals surface area contributed by atoms with Crippen molar-refractivity contribution >= 4 is 0 Å². The van der Waals surface area contributed by atoms with Crippen LogP contribution >= 0.6 is 0 Å². The van der Waals surface area contributed by atoms with Crippen molar-refractivity contribution in [2.75, 3.05) is 0 Å². The minimum absolute atomic E-state index is 1.09. The second-order valence-electron chi connectivity index (χ2n) is 2.14. The second-order valence-corrected chi connectivity index (χ2v) is 2.14. The van der Waals surface area contributed by atoms with Gasteiger partial charge in [-0.2, -0.15) is 26.3 Å². The van der Waals surface area contributed by atoms with Crippen LogP contribution in [0.3, 0.4) is 0 Å². The fourth-order valence-electron chi connectivity index (χ4n) is 0.610. The van der Waals surface area contributed by atoms with E-state index < -0.39 is 11.1 Å². The Hall–Kier alpha value is -2.79. The Bertz CT molecular complexity index is 405. The summed E-state index contributed by atoms with van der Waals surface area (Å²) in [6.45, 7) is 0. The van der Waals surface area contributed by atoms with Gasteiger partial charge in [-0.3, -0.25) is 5.32 Å². The summed E-state index contributed by atoms with van der Waals surface area (Å²) in [4.78, 5) is 0. The molecule has 0 bridgehead atoms. The molecule has 0 rings (SSSR count). The molecule has 0 atom stereocenters. The largest absolute Gasteiger partial charge is 0.361 e. The van der Waals surface area contributed by atoms with Gasteiger partial charge in [-0.25, -0.2) is 0 Å². The van der Waals surface area contributed by atoms with Crippen LogP contribution in [0.15, 0.2) is 0 Å². The van der Waals surface area contributed by atoms with Gasteiger partial charge < -0.3 is 5.11 Å². The zero-order valence-electron chi connectivity index (χ0n) is 6.68. The van der Waals surface area contributed by atoms with E-state index >= 15 is 0 Å². The third-order valence-electron chi connectivity index (χ3n) is 1.45. The fourth-order valence-corrected chi connectivity index (χ4v) is 0.610. The van der Waals surface area contributed by atoms with Gasteiger partial charge in [0, 0.05) is 0 Å². The molecule has 0 spiro atoms. The van der Waals surface area contributed by atoms with Crippen LogP contribution in [0.25, 0.3) is 0 Å². The lowest BCUT2D eigenvalue weighted by atomic mass is 9.84. The van der Waals surface area contributed by atoms with E-state index in [4.69, 9.17) is 26.3 Å². The van der Waals surface area contributed by atoms with E-state index in [1.807, 2.05) is 0 Å². The van der Waals surface area contributed by atoms with Crippen molar-refractivity contribution in [1.82, 2.24) is 5.32 Å². The molecule has 66 valence electrons. The highest BCUT2D eigenvalue weighted by Gasteiger charge is 2.54. The van der Waals surface area contributed by atoms with Crippen LogP contribution < -0.4 is 5.32 Å². The number of nitriles is 5. The summed E-state index contributed by atoms with van der Waals surface area (Å²) in [5.41, 5.74) is -5.47. The van der Waals surface area contributed by atoms with Crippen molar-refractivity contribution in [3.8, 4) is 30.5 Å². The second kappa shape index (κ2) is 3.74. The van der Waals surface area contributed by atoms with Crippen molar-refractivity contribution < 1.29 is 5.11 Å². The van der Waals surface area contributed by atoms with E-state index in [1.54, 1.807) is 5.32 Å². The number of nitrogens with zero attached hydrogens (tertiary/aromatic N) is 5. The Morgan fingerprint density at radius 2 is 1.29 bits per heavy atom. The van der Waals surface area contributed by atoms with Crippen molar-refractivity contribution in [3.63, 3.8) is 0 Å². The van der Waals surface area contributed by atoms with E-state index in [0.29, 0.717) is 0 Å². The predicted octanol–water partition coefficient (Wildman–Crippen LogP) is -1.38. The third-order valence-corrected chi connectivity index (χ3v) is 1.45. The average Bonchev–Trinajstić information content (AvgIpc) is 2.24. The monoisotopic (exact) mass is 186 g/mol. The van der Waals surface area contributed by atoms with E-state index in [9.17, 15) is 5.11 Å². The first-order valence-corrected chi connectivity index (χ1v) is 3.09. The summed E-state index contributed by atoms with van der Waals surface area (Å²) in [6, 6.07) is 4.62. The molecule has 0 saturated heterocycles. The molecular formula is C7H2N6O. The van der Waals surface area contributed by atoms with Crippen LogP contribution in [0.2, 0.25) is 0 Å². The molecule has 0 amide bonds. The van der Waals surface area contributed by atoms with Crippen molar-refractivity contribution in [3.05, 3.63) is 0 Å². The quantitative estimate of drug-likeness (QED) is 0.306. The van der Waals surface area contributed by atoms with Crippen molar-refractivity contribution in [1.29, 1.82) is 26.3 Å². The molecule has 0 aromatic rings. The van der Waals surface area contributed by atoms with Crippen LogP contribution in [-0.4, -0.2) is 16.2 Å². The summed E-state index contributed by atoms with van der Waals surface area (Å²) in [6.07, 6.45) is 1.23. The first-order valence-electron chi connectivity index (χ1n) is 3.09. The highest BCUT2D eigenvalue weighted by Crippen LogP contribution is 2.19. The molecule has 0 aliphatic heterocycles. The summed E-state index contributed by atoms with van der Waals surface area (Å²) in [5.74, 6) is 0. The molecule has 7 nitrogen and oxygen atoms in total. The first-order chi connectivity index (χ1) is 6.55. The molecule has 0 aromatic carbocycles. The number of nitrogens with one attached hydrogen (secondary N) is 1. The molecule has 0 fully saturated rings. The van der Waals surface area contributed by atoms with E-state index in [2.05, 4.69) is 0 Å². The Kier molecular flexibility index (Phi) is 3.00. The Morgan fingerprint density at radius 1 is 0.857 bits per heavy atom. The van der Waals surface area contributed by atoms with Crippen LogP contribution in [0.1, 0.15) is 0 Å². The van der Waals surface area contributed by atoms with Crippen LogP contribution in [-0.2, 0) is 0 Å². The molecule has 0 aliphatic rings. The number of hydrogen-bond donors (Lipinski definition) is 2. The van der Waals surface area contributed by atoms with Gasteiger partial charge >= 0.3 is 0 Å². The Labute approximate surface area is 79.2 Å². The lowest BCUT2D eigenvalue weighted by molar-refractivity contribution is 0.109. The molecule has 2 N–H and O–H groups in total. The zero-order valence-corrected chi connectivity index (χ0v) is 6.68. The van der Waals surface area contributed by atoms with E-state index in [1.165, 1.54) is 18.3 Å². The molecule has 0 aliphatic carbocycles. The normalized spacial score (nSPS) is 9.43. The van der Waals surface area contributed by atoms with Crippen LogP contribution in [0, 0.1) is 56.8 Å². The minimum atomic E-state index is -2.90. The number of aliphatic hydroxyl groups is 1. The van der Waals surface area contributed by atoms with Gasteiger partial charge in [0.1, 0.15) is 24.3 Å². The first kappa shape index (κ1) is 11.2. The molecule has 0 heterocycles. The summed E-state index contributed by atoms with van der Waals surface area (Å²) in [7, 11) is 0. The third kappa shape index (κ3) is 1.26. The van der Waals surface area contributed by atoms with Gasteiger partial charge in [-0.15, -0.1) is 0 Å².